The zero-order chi connectivity index (χ0) is 13.6. The van der Waals surface area contributed by atoms with E-state index in [-0.39, 0.29) is 16.6 Å². The minimum Gasteiger partial charge on any atom is -0.478 e. The van der Waals surface area contributed by atoms with Crippen molar-refractivity contribution in [1.29, 1.82) is 0 Å². The summed E-state index contributed by atoms with van der Waals surface area (Å²) >= 11 is 3.30. The van der Waals surface area contributed by atoms with Crippen LogP contribution in [-0.2, 0) is 0 Å². The minimum absolute atomic E-state index is 0.0899. The number of carboxylic acid groups (broad SMARTS) is 1. The summed E-state index contributed by atoms with van der Waals surface area (Å²) in [6.07, 6.45) is 0. The lowest BCUT2D eigenvalue weighted by Crippen LogP contribution is -2.03. The molecule has 0 aliphatic heterocycles. The number of carboxylic acids is 1. The van der Waals surface area contributed by atoms with Crippen LogP contribution in [0, 0.1) is 0 Å². The van der Waals surface area contributed by atoms with Gasteiger partial charge in [0.05, 0.1) is 16.3 Å². The van der Waals surface area contributed by atoms with Gasteiger partial charge in [0, 0.05) is 4.47 Å². The molecule has 0 bridgehead atoms. The van der Waals surface area contributed by atoms with E-state index in [1.165, 1.54) is 18.2 Å². The Bertz CT molecular complexity index is 880. The van der Waals surface area contributed by atoms with E-state index in [9.17, 15) is 9.59 Å². The Labute approximate surface area is 115 Å². The van der Waals surface area contributed by atoms with Crippen molar-refractivity contribution in [2.75, 3.05) is 0 Å². The van der Waals surface area contributed by atoms with E-state index >= 15 is 0 Å². The third kappa shape index (κ3) is 1.92. The third-order valence-electron chi connectivity index (χ3n) is 2.88. The van der Waals surface area contributed by atoms with Gasteiger partial charge in [0.1, 0.15) is 11.2 Å². The monoisotopic (exact) mass is 318 g/mol. The lowest BCUT2D eigenvalue weighted by atomic mass is 10.1. The van der Waals surface area contributed by atoms with Crippen molar-refractivity contribution < 1.29 is 14.3 Å². The zero-order valence-electron chi connectivity index (χ0n) is 9.51. The molecule has 0 saturated heterocycles. The largest absolute Gasteiger partial charge is 0.478 e. The predicted octanol–water partition coefficient (Wildman–Crippen LogP) is 3.41. The maximum atomic E-state index is 12.3. The molecule has 94 valence electrons. The van der Waals surface area contributed by atoms with E-state index < -0.39 is 5.97 Å². The van der Waals surface area contributed by atoms with Gasteiger partial charge in [-0.15, -0.1) is 0 Å². The van der Waals surface area contributed by atoms with Crippen LogP contribution in [0.3, 0.4) is 0 Å². The first-order valence-corrected chi connectivity index (χ1v) is 6.25. The van der Waals surface area contributed by atoms with Gasteiger partial charge in [-0.25, -0.2) is 4.79 Å². The molecule has 0 aliphatic rings. The topological polar surface area (TPSA) is 67.5 Å². The van der Waals surface area contributed by atoms with Crippen molar-refractivity contribution in [1.82, 2.24) is 0 Å². The van der Waals surface area contributed by atoms with E-state index in [4.69, 9.17) is 9.52 Å². The lowest BCUT2D eigenvalue weighted by Gasteiger charge is -2.02. The summed E-state index contributed by atoms with van der Waals surface area (Å²) in [5, 5.41) is 9.77. The lowest BCUT2D eigenvalue weighted by molar-refractivity contribution is 0.0697. The number of aromatic carboxylic acids is 1. The fourth-order valence-corrected chi connectivity index (χ4v) is 2.32. The number of halogens is 1. The van der Waals surface area contributed by atoms with Gasteiger partial charge in [-0.05, 0) is 36.4 Å². The van der Waals surface area contributed by atoms with E-state index in [0.717, 1.165) is 4.47 Å². The maximum absolute atomic E-state index is 12.3. The quantitative estimate of drug-likeness (QED) is 0.698. The highest BCUT2D eigenvalue weighted by atomic mass is 79.9. The number of rotatable bonds is 1. The molecule has 0 radical (unpaired) electrons. The van der Waals surface area contributed by atoms with Crippen molar-refractivity contribution in [3.8, 4) is 0 Å². The highest BCUT2D eigenvalue weighted by molar-refractivity contribution is 9.10. The van der Waals surface area contributed by atoms with Crippen LogP contribution in [0.25, 0.3) is 21.9 Å². The molecule has 0 atom stereocenters. The first-order chi connectivity index (χ1) is 9.06. The third-order valence-corrected chi connectivity index (χ3v) is 3.37. The molecule has 4 nitrogen and oxygen atoms in total. The average Bonchev–Trinajstić information content (AvgIpc) is 2.39. The molecule has 1 aromatic heterocycles. The smallest absolute Gasteiger partial charge is 0.335 e. The van der Waals surface area contributed by atoms with Gasteiger partial charge in [-0.3, -0.25) is 4.79 Å². The summed E-state index contributed by atoms with van der Waals surface area (Å²) in [5.41, 5.74) is 0.629. The van der Waals surface area contributed by atoms with Crippen molar-refractivity contribution in [2.24, 2.45) is 0 Å². The van der Waals surface area contributed by atoms with Crippen LogP contribution in [0.15, 0.2) is 50.1 Å². The predicted molar refractivity (Wildman–Crippen MR) is 74.6 cm³/mol. The van der Waals surface area contributed by atoms with Crippen LogP contribution in [0.1, 0.15) is 10.4 Å². The molecule has 1 N–H and O–H groups in total. The molecule has 2 aromatic carbocycles. The van der Waals surface area contributed by atoms with Crippen molar-refractivity contribution in [3.63, 3.8) is 0 Å². The molecule has 0 aliphatic carbocycles. The molecule has 0 fully saturated rings. The molecule has 0 spiro atoms. The standard InChI is InChI=1S/C14H7BrO4/c15-8-2-4-11-10(6-8)13(16)9-3-1-7(14(17)18)5-12(9)19-11/h1-6H,(H,17,18). The first kappa shape index (κ1) is 11.9. The van der Waals surface area contributed by atoms with Gasteiger partial charge in [-0.1, -0.05) is 15.9 Å². The number of hydrogen-bond acceptors (Lipinski definition) is 3. The summed E-state index contributed by atoms with van der Waals surface area (Å²) in [4.78, 5) is 23.2. The summed E-state index contributed by atoms with van der Waals surface area (Å²) in [6, 6.07) is 9.36. The Morgan fingerprint density at radius 2 is 1.84 bits per heavy atom. The summed E-state index contributed by atoms with van der Waals surface area (Å²) in [7, 11) is 0. The highest BCUT2D eigenvalue weighted by Gasteiger charge is 2.10. The molecule has 0 unspecified atom stereocenters. The second-order valence-corrected chi connectivity index (χ2v) is 5.00. The van der Waals surface area contributed by atoms with E-state index in [1.807, 2.05) is 0 Å². The molecule has 1 heterocycles. The molecule has 0 saturated carbocycles. The molecular formula is C14H7BrO4. The van der Waals surface area contributed by atoms with Gasteiger partial charge < -0.3 is 9.52 Å². The molecular weight excluding hydrogens is 312 g/mol. The zero-order valence-corrected chi connectivity index (χ0v) is 11.1. The molecule has 3 rings (SSSR count). The Hall–Kier alpha value is -2.14. The fraction of sp³-hybridized carbons (Fsp3) is 0. The van der Waals surface area contributed by atoms with Crippen molar-refractivity contribution >= 4 is 43.8 Å². The Morgan fingerprint density at radius 1 is 1.05 bits per heavy atom. The highest BCUT2D eigenvalue weighted by Crippen LogP contribution is 2.22. The number of benzene rings is 2. The maximum Gasteiger partial charge on any atom is 0.335 e. The van der Waals surface area contributed by atoms with Gasteiger partial charge in [0.2, 0.25) is 5.43 Å². The van der Waals surface area contributed by atoms with E-state index in [2.05, 4.69) is 15.9 Å². The van der Waals surface area contributed by atoms with Crippen LogP contribution in [0.5, 0.6) is 0 Å². The molecule has 19 heavy (non-hydrogen) atoms. The van der Waals surface area contributed by atoms with Gasteiger partial charge in [0.25, 0.3) is 0 Å². The number of fused-ring (bicyclic) bond motifs is 2. The fourth-order valence-electron chi connectivity index (χ4n) is 1.96. The number of carbonyl (C=O) groups is 1. The van der Waals surface area contributed by atoms with Crippen LogP contribution in [0.4, 0.5) is 0 Å². The van der Waals surface area contributed by atoms with Gasteiger partial charge in [0.15, 0.2) is 0 Å². The second kappa shape index (κ2) is 4.20. The Balaban J connectivity index is 2.46. The van der Waals surface area contributed by atoms with Crippen LogP contribution in [0.2, 0.25) is 0 Å². The van der Waals surface area contributed by atoms with Crippen molar-refractivity contribution in [2.45, 2.75) is 0 Å². The Kier molecular flexibility index (Phi) is 2.64. The average molecular weight is 319 g/mol. The molecule has 3 aromatic rings. The normalized spacial score (nSPS) is 11.0. The summed E-state index contributed by atoms with van der Waals surface area (Å²) < 4.78 is 6.37. The molecule has 5 heteroatoms. The van der Waals surface area contributed by atoms with Crippen LogP contribution in [-0.4, -0.2) is 11.1 Å². The van der Waals surface area contributed by atoms with E-state index in [0.29, 0.717) is 16.4 Å². The number of hydrogen-bond donors (Lipinski definition) is 1. The van der Waals surface area contributed by atoms with Gasteiger partial charge in [-0.2, -0.15) is 0 Å². The SMILES string of the molecule is O=C(O)c1ccc2c(=O)c3cc(Br)ccc3oc2c1. The molecule has 0 amide bonds. The second-order valence-electron chi connectivity index (χ2n) is 4.09. The van der Waals surface area contributed by atoms with Crippen LogP contribution >= 0.6 is 15.9 Å². The summed E-state index contributed by atoms with van der Waals surface area (Å²) in [6.45, 7) is 0. The minimum atomic E-state index is -1.06. The summed E-state index contributed by atoms with van der Waals surface area (Å²) in [5.74, 6) is -1.06. The van der Waals surface area contributed by atoms with Gasteiger partial charge >= 0.3 is 5.97 Å². The van der Waals surface area contributed by atoms with Crippen LogP contribution < -0.4 is 5.43 Å². The Morgan fingerprint density at radius 3 is 2.58 bits per heavy atom. The van der Waals surface area contributed by atoms with E-state index in [1.54, 1.807) is 18.2 Å². The first-order valence-electron chi connectivity index (χ1n) is 5.46. The van der Waals surface area contributed by atoms with Crippen molar-refractivity contribution in [3.05, 3.63) is 56.7 Å².